The van der Waals surface area contributed by atoms with Crippen molar-refractivity contribution in [3.8, 4) is 0 Å². The number of nitrogens with one attached hydrogen (secondary N) is 1. The molecule has 2 fully saturated rings. The van der Waals surface area contributed by atoms with Crippen molar-refractivity contribution in [1.29, 1.82) is 0 Å². The molecule has 1 spiro atoms. The number of amides is 1. The Morgan fingerprint density at radius 3 is 3.04 bits per heavy atom. The third-order valence-electron chi connectivity index (χ3n) is 5.44. The van der Waals surface area contributed by atoms with Gasteiger partial charge in [0.1, 0.15) is 10.7 Å². The van der Waals surface area contributed by atoms with Gasteiger partial charge in [0.25, 0.3) is 5.91 Å². The first kappa shape index (κ1) is 17.6. The second-order valence-electron chi connectivity index (χ2n) is 7.31. The summed E-state index contributed by atoms with van der Waals surface area (Å²) in [6, 6.07) is 1.74. The Kier molecular flexibility index (Phi) is 4.81. The molecule has 2 aliphatic heterocycles. The largest absolute Gasteiger partial charge is 0.372 e. The maximum atomic E-state index is 12.2. The zero-order valence-electron chi connectivity index (χ0n) is 15.3. The van der Waals surface area contributed by atoms with Gasteiger partial charge in [0.05, 0.1) is 12.1 Å². The van der Waals surface area contributed by atoms with Crippen LogP contribution in [0, 0.1) is 12.8 Å². The number of rotatable bonds is 6. The Hall–Kier alpha value is -1.77. The lowest BCUT2D eigenvalue weighted by atomic mass is 9.79. The highest BCUT2D eigenvalue weighted by atomic mass is 32.1. The molecule has 0 radical (unpaired) electrons. The first-order valence-electron chi connectivity index (χ1n) is 9.09. The normalized spacial score (nSPS) is 21.8. The summed E-state index contributed by atoms with van der Waals surface area (Å²) in [4.78, 5) is 19.1. The molecule has 2 saturated heterocycles. The Balaban J connectivity index is 1.25. The predicted octanol–water partition coefficient (Wildman–Crippen LogP) is 1.60. The van der Waals surface area contributed by atoms with Gasteiger partial charge in [0.2, 0.25) is 0 Å². The Morgan fingerprint density at radius 2 is 2.35 bits per heavy atom. The minimum atomic E-state index is -0.0626. The van der Waals surface area contributed by atoms with E-state index in [0.29, 0.717) is 18.2 Å². The fourth-order valence-corrected chi connectivity index (χ4v) is 4.89. The minimum absolute atomic E-state index is 0.0242. The van der Waals surface area contributed by atoms with Crippen molar-refractivity contribution >= 4 is 17.2 Å². The highest BCUT2D eigenvalue weighted by Crippen LogP contribution is 2.42. The van der Waals surface area contributed by atoms with Gasteiger partial charge in [-0.2, -0.15) is 5.10 Å². The van der Waals surface area contributed by atoms with E-state index in [1.165, 1.54) is 5.01 Å². The Bertz CT molecular complexity index is 780. The van der Waals surface area contributed by atoms with E-state index in [0.717, 1.165) is 44.8 Å². The number of ether oxygens (including phenoxy) is 1. The Morgan fingerprint density at radius 1 is 1.50 bits per heavy atom. The molecular weight excluding hydrogens is 350 g/mol. The van der Waals surface area contributed by atoms with Gasteiger partial charge in [-0.05, 0) is 31.7 Å². The van der Waals surface area contributed by atoms with Crippen molar-refractivity contribution in [1.82, 2.24) is 25.0 Å². The van der Waals surface area contributed by atoms with Crippen LogP contribution in [-0.2, 0) is 18.3 Å². The maximum Gasteiger partial charge on any atom is 0.269 e. The number of nitrogens with zero attached hydrogens (tertiary/aromatic N) is 4. The molecule has 0 bridgehead atoms. The van der Waals surface area contributed by atoms with Crippen molar-refractivity contribution in [2.45, 2.75) is 31.9 Å². The van der Waals surface area contributed by atoms with Gasteiger partial charge in [0.15, 0.2) is 0 Å². The number of carbonyl (C=O) groups excluding carboxylic acids is 1. The van der Waals surface area contributed by atoms with Gasteiger partial charge in [-0.1, -0.05) is 0 Å². The number of hydrogen-bond donors (Lipinski definition) is 1. The molecule has 4 heterocycles. The SMILES string of the molecule is Cc1csc(CN2CC3(C2)OCC[C@@H]3CCNC(=O)c2ccnn2C)n1. The lowest BCUT2D eigenvalue weighted by molar-refractivity contribution is -0.136. The minimum Gasteiger partial charge on any atom is -0.372 e. The van der Waals surface area contributed by atoms with Crippen LogP contribution >= 0.6 is 11.3 Å². The van der Waals surface area contributed by atoms with Crippen molar-refractivity contribution < 1.29 is 9.53 Å². The number of thiazole rings is 1. The van der Waals surface area contributed by atoms with Gasteiger partial charge >= 0.3 is 0 Å². The quantitative estimate of drug-likeness (QED) is 0.830. The van der Waals surface area contributed by atoms with Gasteiger partial charge in [-0.3, -0.25) is 14.4 Å². The van der Waals surface area contributed by atoms with Crippen molar-refractivity contribution in [2.24, 2.45) is 13.0 Å². The van der Waals surface area contributed by atoms with Crippen LogP contribution < -0.4 is 5.32 Å². The highest BCUT2D eigenvalue weighted by molar-refractivity contribution is 7.09. The molecular formula is C18H25N5O2S. The standard InChI is InChI=1S/C18H25N5O2S/c1-13-10-26-16(21-13)9-23-11-18(12-23)14(5-8-25-18)3-6-19-17(24)15-4-7-20-22(15)2/h4,7,10,14H,3,5-6,8-9,11-12H2,1-2H3,(H,19,24)/t14-/m0/s1. The first-order chi connectivity index (χ1) is 12.6. The lowest BCUT2D eigenvalue weighted by Gasteiger charge is -2.50. The molecule has 140 valence electrons. The molecule has 1 atom stereocenters. The number of likely N-dealkylation sites (tertiary alicyclic amines) is 1. The molecule has 0 aromatic carbocycles. The number of carbonyl (C=O) groups is 1. The predicted molar refractivity (Wildman–Crippen MR) is 99.1 cm³/mol. The summed E-state index contributed by atoms with van der Waals surface area (Å²) in [7, 11) is 1.78. The molecule has 26 heavy (non-hydrogen) atoms. The molecule has 0 saturated carbocycles. The van der Waals surface area contributed by atoms with Gasteiger partial charge in [-0.25, -0.2) is 4.98 Å². The summed E-state index contributed by atoms with van der Waals surface area (Å²) in [5.74, 6) is 0.441. The average Bonchev–Trinajstić information content (AvgIpc) is 3.28. The first-order valence-corrected chi connectivity index (χ1v) is 9.97. The Labute approximate surface area is 157 Å². The second-order valence-corrected chi connectivity index (χ2v) is 8.25. The zero-order valence-corrected chi connectivity index (χ0v) is 16.1. The van der Waals surface area contributed by atoms with E-state index >= 15 is 0 Å². The molecule has 2 aromatic heterocycles. The lowest BCUT2D eigenvalue weighted by Crippen LogP contribution is -2.64. The molecule has 2 aromatic rings. The fourth-order valence-electron chi connectivity index (χ4n) is 4.08. The van der Waals surface area contributed by atoms with Crippen molar-refractivity contribution in [3.63, 3.8) is 0 Å². The van der Waals surface area contributed by atoms with E-state index < -0.39 is 0 Å². The van der Waals surface area contributed by atoms with Gasteiger partial charge < -0.3 is 10.1 Å². The molecule has 4 rings (SSSR count). The third kappa shape index (κ3) is 3.41. The summed E-state index contributed by atoms with van der Waals surface area (Å²) in [6.07, 6.45) is 3.67. The van der Waals surface area contributed by atoms with Gasteiger partial charge in [0, 0.05) is 50.6 Å². The van der Waals surface area contributed by atoms with E-state index in [-0.39, 0.29) is 11.5 Å². The number of hydrogen-bond acceptors (Lipinski definition) is 6. The molecule has 2 aliphatic rings. The number of aryl methyl sites for hydroxylation is 2. The smallest absolute Gasteiger partial charge is 0.269 e. The molecule has 8 heteroatoms. The van der Waals surface area contributed by atoms with Crippen LogP contribution in [0.25, 0.3) is 0 Å². The van der Waals surface area contributed by atoms with E-state index in [9.17, 15) is 4.79 Å². The summed E-state index contributed by atoms with van der Waals surface area (Å²) in [5.41, 5.74) is 1.67. The third-order valence-corrected chi connectivity index (χ3v) is 6.39. The van der Waals surface area contributed by atoms with Crippen LogP contribution in [0.1, 0.15) is 34.0 Å². The molecule has 0 unspecified atom stereocenters. The molecule has 0 aliphatic carbocycles. The summed E-state index contributed by atoms with van der Waals surface area (Å²) < 4.78 is 7.72. The monoisotopic (exact) mass is 375 g/mol. The van der Waals surface area contributed by atoms with Crippen LogP contribution in [0.4, 0.5) is 0 Å². The van der Waals surface area contributed by atoms with Crippen molar-refractivity contribution in [2.75, 3.05) is 26.2 Å². The van der Waals surface area contributed by atoms with Crippen LogP contribution in [-0.4, -0.2) is 57.4 Å². The zero-order chi connectivity index (χ0) is 18.1. The van der Waals surface area contributed by atoms with Crippen LogP contribution in [0.5, 0.6) is 0 Å². The maximum absolute atomic E-state index is 12.2. The van der Waals surface area contributed by atoms with Gasteiger partial charge in [-0.15, -0.1) is 11.3 Å². The summed E-state index contributed by atoms with van der Waals surface area (Å²) in [6.45, 7) is 6.37. The molecule has 1 N–H and O–H groups in total. The van der Waals surface area contributed by atoms with E-state index in [2.05, 4.69) is 25.7 Å². The van der Waals surface area contributed by atoms with E-state index in [4.69, 9.17) is 4.74 Å². The van der Waals surface area contributed by atoms with Crippen LogP contribution in [0.3, 0.4) is 0 Å². The topological polar surface area (TPSA) is 72.3 Å². The van der Waals surface area contributed by atoms with Crippen LogP contribution in [0.15, 0.2) is 17.6 Å². The molecule has 1 amide bonds. The summed E-state index contributed by atoms with van der Waals surface area (Å²) in [5, 5.41) is 10.3. The van der Waals surface area contributed by atoms with Crippen LogP contribution in [0.2, 0.25) is 0 Å². The second kappa shape index (κ2) is 7.09. The summed E-state index contributed by atoms with van der Waals surface area (Å²) >= 11 is 1.73. The van der Waals surface area contributed by atoms with E-state index in [1.807, 2.05) is 6.92 Å². The number of aromatic nitrogens is 3. The fraction of sp³-hybridized carbons (Fsp3) is 0.611. The molecule has 7 nitrogen and oxygen atoms in total. The average molecular weight is 375 g/mol. The highest BCUT2D eigenvalue weighted by Gasteiger charge is 2.52. The van der Waals surface area contributed by atoms with E-state index in [1.54, 1.807) is 35.3 Å². The van der Waals surface area contributed by atoms with Crippen molar-refractivity contribution in [3.05, 3.63) is 34.0 Å².